The van der Waals surface area contributed by atoms with Crippen molar-refractivity contribution in [3.63, 3.8) is 0 Å². The quantitative estimate of drug-likeness (QED) is 0.355. The lowest BCUT2D eigenvalue weighted by Crippen LogP contribution is -2.29. The predicted octanol–water partition coefficient (Wildman–Crippen LogP) is 6.84. The average molecular weight is 334 g/mol. The van der Waals surface area contributed by atoms with Crippen molar-refractivity contribution in [3.8, 4) is 5.75 Å². The highest BCUT2D eigenvalue weighted by molar-refractivity contribution is 5.41. The van der Waals surface area contributed by atoms with E-state index < -0.39 is 0 Å². The molecular formula is C22H39NO. The molecule has 2 nitrogen and oxygen atoms in total. The van der Waals surface area contributed by atoms with Gasteiger partial charge in [-0.05, 0) is 47.9 Å². The van der Waals surface area contributed by atoms with Crippen molar-refractivity contribution in [1.82, 2.24) is 0 Å². The van der Waals surface area contributed by atoms with Crippen molar-refractivity contribution in [2.24, 2.45) is 10.8 Å². The van der Waals surface area contributed by atoms with Gasteiger partial charge >= 0.3 is 0 Å². The van der Waals surface area contributed by atoms with E-state index in [1.165, 1.54) is 44.9 Å². The minimum absolute atomic E-state index is 0.400. The fraction of sp³-hybridized carbons (Fsp3) is 0.727. The molecule has 0 aromatic heterocycles. The van der Waals surface area contributed by atoms with Gasteiger partial charge in [0.25, 0.3) is 0 Å². The number of ether oxygens (including phenoxy) is 1. The second kappa shape index (κ2) is 9.96. The molecule has 0 fully saturated rings. The van der Waals surface area contributed by atoms with E-state index in [2.05, 4.69) is 34.6 Å². The molecule has 0 radical (unpaired) electrons. The third kappa shape index (κ3) is 8.08. The maximum atomic E-state index is 5.72. The lowest BCUT2D eigenvalue weighted by atomic mass is 9.67. The minimum atomic E-state index is 0.400. The number of hydrogen-bond donors (Lipinski definition) is 1. The smallest absolute Gasteiger partial charge is 0.119 e. The van der Waals surface area contributed by atoms with Gasteiger partial charge in [0.1, 0.15) is 5.75 Å². The van der Waals surface area contributed by atoms with Gasteiger partial charge in [0.2, 0.25) is 0 Å². The summed E-state index contributed by atoms with van der Waals surface area (Å²) in [6.07, 6.45) is 10.5. The van der Waals surface area contributed by atoms with Crippen molar-refractivity contribution in [2.45, 2.75) is 86.0 Å². The maximum absolute atomic E-state index is 5.72. The molecule has 2 heteroatoms. The number of nitrogen functional groups attached to an aromatic ring is 1. The second-order valence-electron chi connectivity index (χ2n) is 8.78. The fourth-order valence-corrected chi connectivity index (χ4v) is 2.68. The Morgan fingerprint density at radius 2 is 1.25 bits per heavy atom. The summed E-state index contributed by atoms with van der Waals surface area (Å²) in [4.78, 5) is 0. The molecule has 0 atom stereocenters. The first-order chi connectivity index (χ1) is 11.2. The number of anilines is 1. The van der Waals surface area contributed by atoms with Gasteiger partial charge in [-0.15, -0.1) is 0 Å². The van der Waals surface area contributed by atoms with Crippen LogP contribution >= 0.6 is 0 Å². The van der Waals surface area contributed by atoms with Crippen molar-refractivity contribution in [2.75, 3.05) is 12.3 Å². The molecule has 0 aliphatic carbocycles. The molecule has 0 heterocycles. The average Bonchev–Trinajstić information content (AvgIpc) is 2.49. The van der Waals surface area contributed by atoms with Crippen LogP contribution in [0, 0.1) is 10.8 Å². The van der Waals surface area contributed by atoms with Crippen LogP contribution in [-0.4, -0.2) is 6.61 Å². The molecule has 0 saturated carbocycles. The molecule has 0 unspecified atom stereocenters. The summed E-state index contributed by atoms with van der Waals surface area (Å²) in [5.74, 6) is 0.922. The third-order valence-corrected chi connectivity index (χ3v) is 5.63. The summed E-state index contributed by atoms with van der Waals surface area (Å²) in [6, 6.07) is 7.65. The van der Waals surface area contributed by atoms with Gasteiger partial charge in [-0.25, -0.2) is 0 Å². The first-order valence-corrected chi connectivity index (χ1v) is 9.71. The van der Waals surface area contributed by atoms with Gasteiger partial charge in [-0.1, -0.05) is 73.1 Å². The fourth-order valence-electron chi connectivity index (χ4n) is 2.68. The number of benzene rings is 1. The number of nitrogens with two attached hydrogens (primary N) is 1. The lowest BCUT2D eigenvalue weighted by Gasteiger charge is -2.39. The molecule has 2 N–H and O–H groups in total. The Balaban J connectivity index is 1.95. The van der Waals surface area contributed by atoms with Crippen LogP contribution in [0.5, 0.6) is 5.75 Å². The molecule has 138 valence electrons. The molecule has 1 aromatic carbocycles. The minimum Gasteiger partial charge on any atom is -0.494 e. The zero-order chi connectivity index (χ0) is 18.1. The van der Waals surface area contributed by atoms with Crippen LogP contribution in [0.3, 0.4) is 0 Å². The highest BCUT2D eigenvalue weighted by Crippen LogP contribution is 2.41. The molecule has 1 rings (SSSR count). The van der Waals surface area contributed by atoms with Gasteiger partial charge in [0.15, 0.2) is 0 Å². The SMILES string of the molecule is CC(C)(C)C(C)(C)CCCCCCCCCOc1ccc(N)cc1. The van der Waals surface area contributed by atoms with E-state index in [0.717, 1.165) is 24.5 Å². The van der Waals surface area contributed by atoms with Crippen LogP contribution in [0.25, 0.3) is 0 Å². The molecular weight excluding hydrogens is 294 g/mol. The van der Waals surface area contributed by atoms with Crippen molar-refractivity contribution in [1.29, 1.82) is 0 Å². The monoisotopic (exact) mass is 333 g/mol. The first kappa shape index (κ1) is 20.9. The van der Waals surface area contributed by atoms with Gasteiger partial charge in [-0.3, -0.25) is 0 Å². The molecule has 1 aromatic rings. The van der Waals surface area contributed by atoms with E-state index in [1.807, 2.05) is 24.3 Å². The summed E-state index contributed by atoms with van der Waals surface area (Å²) >= 11 is 0. The van der Waals surface area contributed by atoms with Crippen LogP contribution in [0.2, 0.25) is 0 Å². The van der Waals surface area contributed by atoms with E-state index >= 15 is 0 Å². The van der Waals surface area contributed by atoms with E-state index in [4.69, 9.17) is 10.5 Å². The van der Waals surface area contributed by atoms with Gasteiger partial charge in [0, 0.05) is 5.69 Å². The summed E-state index contributed by atoms with van der Waals surface area (Å²) in [7, 11) is 0. The van der Waals surface area contributed by atoms with Gasteiger partial charge in [-0.2, -0.15) is 0 Å². The van der Waals surface area contributed by atoms with Crippen molar-refractivity contribution < 1.29 is 4.74 Å². The summed E-state index contributed by atoms with van der Waals surface area (Å²) in [5.41, 5.74) is 7.28. The first-order valence-electron chi connectivity index (χ1n) is 9.71. The van der Waals surface area contributed by atoms with Gasteiger partial charge < -0.3 is 10.5 Å². The Labute approximate surface area is 150 Å². The van der Waals surface area contributed by atoms with Crippen molar-refractivity contribution in [3.05, 3.63) is 24.3 Å². The zero-order valence-electron chi connectivity index (χ0n) is 16.7. The Hall–Kier alpha value is -1.18. The van der Waals surface area contributed by atoms with E-state index in [0.29, 0.717) is 10.8 Å². The Kier molecular flexibility index (Phi) is 8.66. The Morgan fingerprint density at radius 3 is 1.79 bits per heavy atom. The number of unbranched alkanes of at least 4 members (excludes halogenated alkanes) is 6. The molecule has 0 bridgehead atoms. The van der Waals surface area contributed by atoms with Crippen LogP contribution in [0.1, 0.15) is 86.0 Å². The Morgan fingerprint density at radius 1 is 0.750 bits per heavy atom. The highest BCUT2D eigenvalue weighted by atomic mass is 16.5. The van der Waals surface area contributed by atoms with E-state index in [9.17, 15) is 0 Å². The summed E-state index contributed by atoms with van der Waals surface area (Å²) < 4.78 is 5.72. The van der Waals surface area contributed by atoms with Crippen LogP contribution in [0.4, 0.5) is 5.69 Å². The topological polar surface area (TPSA) is 35.2 Å². The summed E-state index contributed by atoms with van der Waals surface area (Å²) in [5, 5.41) is 0. The van der Waals surface area contributed by atoms with Crippen molar-refractivity contribution >= 4 is 5.69 Å². The third-order valence-electron chi connectivity index (χ3n) is 5.63. The normalized spacial score (nSPS) is 12.4. The predicted molar refractivity (Wildman–Crippen MR) is 107 cm³/mol. The van der Waals surface area contributed by atoms with Gasteiger partial charge in [0.05, 0.1) is 6.61 Å². The largest absolute Gasteiger partial charge is 0.494 e. The van der Waals surface area contributed by atoms with Crippen LogP contribution in [-0.2, 0) is 0 Å². The lowest BCUT2D eigenvalue weighted by molar-refractivity contribution is 0.115. The van der Waals surface area contributed by atoms with E-state index in [-0.39, 0.29) is 0 Å². The molecule has 0 spiro atoms. The van der Waals surface area contributed by atoms with Crippen LogP contribution in [0.15, 0.2) is 24.3 Å². The molecule has 24 heavy (non-hydrogen) atoms. The van der Waals surface area contributed by atoms with Crippen LogP contribution < -0.4 is 10.5 Å². The Bertz CT molecular complexity index is 442. The highest BCUT2D eigenvalue weighted by Gasteiger charge is 2.31. The van der Waals surface area contributed by atoms with E-state index in [1.54, 1.807) is 0 Å². The molecule has 0 aliphatic rings. The zero-order valence-corrected chi connectivity index (χ0v) is 16.7. The second-order valence-corrected chi connectivity index (χ2v) is 8.78. The molecule has 0 amide bonds. The standard InChI is InChI=1S/C22H39NO/c1-21(2,3)22(4,5)17-11-9-7-6-8-10-12-18-24-20-15-13-19(23)14-16-20/h13-16H,6-12,17-18,23H2,1-5H3. The number of hydrogen-bond acceptors (Lipinski definition) is 2. The summed E-state index contributed by atoms with van der Waals surface area (Å²) in [6.45, 7) is 12.7. The number of rotatable bonds is 11. The molecule has 0 saturated heterocycles. The molecule has 0 aliphatic heterocycles. The maximum Gasteiger partial charge on any atom is 0.119 e.